The van der Waals surface area contributed by atoms with Crippen molar-refractivity contribution >= 4 is 35.8 Å². The number of benzene rings is 1. The van der Waals surface area contributed by atoms with E-state index in [1.165, 1.54) is 0 Å². The summed E-state index contributed by atoms with van der Waals surface area (Å²) in [4.78, 5) is 10.8. The number of anilines is 1. The maximum Gasteiger partial charge on any atom is 0.191 e. The van der Waals surface area contributed by atoms with Crippen LogP contribution in [-0.4, -0.2) is 39.2 Å². The van der Waals surface area contributed by atoms with Gasteiger partial charge in [-0.15, -0.1) is 24.0 Å². The van der Waals surface area contributed by atoms with Crippen LogP contribution >= 0.6 is 24.0 Å². The molecule has 2 aromatic rings. The SMILES string of the molecule is CN=C(NCc1cccc(N(C)C)n1)NCc1ccccc1OC.I. The van der Waals surface area contributed by atoms with Crippen molar-refractivity contribution in [1.29, 1.82) is 0 Å². The Balaban J connectivity index is 0.00000312. The van der Waals surface area contributed by atoms with E-state index in [4.69, 9.17) is 4.74 Å². The topological polar surface area (TPSA) is 61.8 Å². The van der Waals surface area contributed by atoms with Crippen molar-refractivity contribution in [2.75, 3.05) is 33.2 Å². The van der Waals surface area contributed by atoms with E-state index in [1.54, 1.807) is 14.2 Å². The first kappa shape index (κ1) is 21.0. The Morgan fingerprint density at radius 1 is 1.08 bits per heavy atom. The highest BCUT2D eigenvalue weighted by Gasteiger charge is 2.04. The Labute approximate surface area is 166 Å². The van der Waals surface area contributed by atoms with Gasteiger partial charge in [0, 0.05) is 33.3 Å². The highest BCUT2D eigenvalue weighted by molar-refractivity contribution is 14.0. The summed E-state index contributed by atoms with van der Waals surface area (Å²) in [5, 5.41) is 6.57. The fourth-order valence-electron chi connectivity index (χ4n) is 2.24. The number of ether oxygens (including phenoxy) is 1. The minimum Gasteiger partial charge on any atom is -0.496 e. The fourth-order valence-corrected chi connectivity index (χ4v) is 2.24. The second kappa shape index (κ2) is 10.8. The number of hydrogen-bond donors (Lipinski definition) is 2. The fraction of sp³-hybridized carbons (Fsp3) is 0.333. The first-order valence-electron chi connectivity index (χ1n) is 7.83. The van der Waals surface area contributed by atoms with Crippen LogP contribution in [0.3, 0.4) is 0 Å². The van der Waals surface area contributed by atoms with Gasteiger partial charge < -0.3 is 20.3 Å². The summed E-state index contributed by atoms with van der Waals surface area (Å²) in [6.07, 6.45) is 0. The predicted molar refractivity (Wildman–Crippen MR) is 114 cm³/mol. The lowest BCUT2D eigenvalue weighted by atomic mass is 10.2. The van der Waals surface area contributed by atoms with Crippen LogP contribution in [0.1, 0.15) is 11.3 Å². The van der Waals surface area contributed by atoms with Gasteiger partial charge in [0.15, 0.2) is 5.96 Å². The van der Waals surface area contributed by atoms with Crippen LogP contribution in [0.25, 0.3) is 0 Å². The van der Waals surface area contributed by atoms with E-state index < -0.39 is 0 Å². The van der Waals surface area contributed by atoms with Gasteiger partial charge in [0.1, 0.15) is 11.6 Å². The monoisotopic (exact) mass is 455 g/mol. The number of pyridine rings is 1. The molecule has 0 saturated heterocycles. The van der Waals surface area contributed by atoms with Gasteiger partial charge in [-0.25, -0.2) is 4.98 Å². The average molecular weight is 455 g/mol. The van der Waals surface area contributed by atoms with Crippen molar-refractivity contribution < 1.29 is 4.74 Å². The number of aromatic nitrogens is 1. The van der Waals surface area contributed by atoms with Crippen molar-refractivity contribution in [3.63, 3.8) is 0 Å². The van der Waals surface area contributed by atoms with E-state index in [2.05, 4.69) is 20.6 Å². The molecule has 7 heteroatoms. The lowest BCUT2D eigenvalue weighted by Crippen LogP contribution is -2.36. The van der Waals surface area contributed by atoms with Crippen LogP contribution in [0.5, 0.6) is 5.75 Å². The number of guanidine groups is 1. The van der Waals surface area contributed by atoms with Gasteiger partial charge in [0.25, 0.3) is 0 Å². The first-order valence-corrected chi connectivity index (χ1v) is 7.83. The number of hydrogen-bond acceptors (Lipinski definition) is 4. The summed E-state index contributed by atoms with van der Waals surface area (Å²) in [6, 6.07) is 13.9. The molecule has 0 saturated carbocycles. The summed E-state index contributed by atoms with van der Waals surface area (Å²) in [5.74, 6) is 2.52. The van der Waals surface area contributed by atoms with E-state index in [0.29, 0.717) is 13.1 Å². The lowest BCUT2D eigenvalue weighted by Gasteiger charge is -2.15. The largest absolute Gasteiger partial charge is 0.496 e. The first-order chi connectivity index (χ1) is 11.6. The normalized spacial score (nSPS) is 10.6. The van der Waals surface area contributed by atoms with Crippen molar-refractivity contribution in [2.45, 2.75) is 13.1 Å². The molecule has 1 heterocycles. The van der Waals surface area contributed by atoms with Gasteiger partial charge in [-0.1, -0.05) is 24.3 Å². The van der Waals surface area contributed by atoms with Crippen molar-refractivity contribution in [3.8, 4) is 5.75 Å². The second-order valence-corrected chi connectivity index (χ2v) is 5.47. The molecule has 25 heavy (non-hydrogen) atoms. The lowest BCUT2D eigenvalue weighted by molar-refractivity contribution is 0.409. The van der Waals surface area contributed by atoms with Crippen molar-refractivity contribution in [3.05, 3.63) is 53.7 Å². The highest BCUT2D eigenvalue weighted by atomic mass is 127. The molecule has 136 valence electrons. The van der Waals surface area contributed by atoms with Crippen LogP contribution < -0.4 is 20.3 Å². The number of aliphatic imine (C=N–C) groups is 1. The van der Waals surface area contributed by atoms with Crippen LogP contribution in [0.4, 0.5) is 5.82 Å². The molecule has 0 atom stereocenters. The number of nitrogens with zero attached hydrogens (tertiary/aromatic N) is 3. The zero-order valence-electron chi connectivity index (χ0n) is 15.1. The molecule has 0 spiro atoms. The van der Waals surface area contributed by atoms with Gasteiger partial charge in [0.05, 0.1) is 19.3 Å². The summed E-state index contributed by atoms with van der Waals surface area (Å²) in [5.41, 5.74) is 2.04. The van der Waals surface area contributed by atoms with Gasteiger partial charge >= 0.3 is 0 Å². The molecule has 2 rings (SSSR count). The molecule has 0 amide bonds. The summed E-state index contributed by atoms with van der Waals surface area (Å²) in [7, 11) is 7.39. The highest BCUT2D eigenvalue weighted by Crippen LogP contribution is 2.16. The third-order valence-corrected chi connectivity index (χ3v) is 3.55. The molecule has 0 aliphatic carbocycles. The Morgan fingerprint density at radius 2 is 1.80 bits per heavy atom. The molecule has 0 fully saturated rings. The summed E-state index contributed by atoms with van der Waals surface area (Å²) < 4.78 is 5.36. The van der Waals surface area contributed by atoms with Gasteiger partial charge in [-0.2, -0.15) is 0 Å². The number of rotatable bonds is 6. The molecule has 0 aliphatic rings. The number of para-hydroxylation sites is 1. The minimum absolute atomic E-state index is 0. The van der Waals surface area contributed by atoms with Gasteiger partial charge in [-0.3, -0.25) is 4.99 Å². The van der Waals surface area contributed by atoms with Gasteiger partial charge in [-0.05, 0) is 18.2 Å². The molecule has 6 nitrogen and oxygen atoms in total. The van der Waals surface area contributed by atoms with E-state index in [1.807, 2.05) is 61.5 Å². The Hall–Kier alpha value is -2.03. The van der Waals surface area contributed by atoms with E-state index in [-0.39, 0.29) is 24.0 Å². The van der Waals surface area contributed by atoms with Crippen molar-refractivity contribution in [1.82, 2.24) is 15.6 Å². The molecule has 0 bridgehead atoms. The molecule has 0 aliphatic heterocycles. The molecule has 1 aromatic heterocycles. The summed E-state index contributed by atoms with van der Waals surface area (Å²) >= 11 is 0. The quantitative estimate of drug-likeness (QED) is 0.399. The zero-order valence-corrected chi connectivity index (χ0v) is 17.4. The smallest absolute Gasteiger partial charge is 0.191 e. The molecule has 2 N–H and O–H groups in total. The van der Waals surface area contributed by atoms with Crippen molar-refractivity contribution in [2.24, 2.45) is 4.99 Å². The number of nitrogens with one attached hydrogen (secondary N) is 2. The van der Waals surface area contributed by atoms with E-state index >= 15 is 0 Å². The molecule has 0 radical (unpaired) electrons. The maximum atomic E-state index is 5.36. The third kappa shape index (κ3) is 6.41. The summed E-state index contributed by atoms with van der Waals surface area (Å²) in [6.45, 7) is 1.24. The van der Waals surface area contributed by atoms with Crippen LogP contribution in [0.15, 0.2) is 47.5 Å². The van der Waals surface area contributed by atoms with E-state index in [9.17, 15) is 0 Å². The Bertz CT molecular complexity index is 691. The minimum atomic E-state index is 0. The number of methoxy groups -OCH3 is 1. The molecular formula is C18H26IN5O. The van der Waals surface area contributed by atoms with Crippen LogP contribution in [-0.2, 0) is 13.1 Å². The molecule has 0 unspecified atom stereocenters. The zero-order chi connectivity index (χ0) is 17.4. The molecular weight excluding hydrogens is 429 g/mol. The maximum absolute atomic E-state index is 5.36. The van der Waals surface area contributed by atoms with Crippen LogP contribution in [0.2, 0.25) is 0 Å². The Morgan fingerprint density at radius 3 is 2.48 bits per heavy atom. The average Bonchev–Trinajstić information content (AvgIpc) is 2.62. The van der Waals surface area contributed by atoms with Crippen LogP contribution in [0, 0.1) is 0 Å². The van der Waals surface area contributed by atoms with E-state index in [0.717, 1.165) is 28.8 Å². The predicted octanol–water partition coefficient (Wildman–Crippen LogP) is 2.64. The number of halogens is 1. The third-order valence-electron chi connectivity index (χ3n) is 3.55. The standard InChI is InChI=1S/C18H25N5O.HI/c1-19-18(20-12-14-8-5-6-10-16(14)24-4)21-13-15-9-7-11-17(22-15)23(2)3;/h5-11H,12-13H2,1-4H3,(H2,19,20,21);1H. The van der Waals surface area contributed by atoms with Gasteiger partial charge in [0.2, 0.25) is 0 Å². The second-order valence-electron chi connectivity index (χ2n) is 5.47. The molecule has 1 aromatic carbocycles. The Kier molecular flexibility index (Phi) is 9.04.